The summed E-state index contributed by atoms with van der Waals surface area (Å²) in [6, 6.07) is 1.39. The number of primary amides is 1. The molecule has 5 N–H and O–H groups in total. The largest absolute Gasteiger partial charge is 0.475 e. The first-order chi connectivity index (χ1) is 7.91. The Morgan fingerprint density at radius 3 is 2.71 bits per heavy atom. The summed E-state index contributed by atoms with van der Waals surface area (Å²) in [6.45, 7) is 1.92. The van der Waals surface area contributed by atoms with Crippen LogP contribution in [0.2, 0.25) is 0 Å². The number of hydrogen-bond acceptors (Lipinski definition) is 5. The van der Waals surface area contributed by atoms with Gasteiger partial charge in [-0.1, -0.05) is 0 Å². The number of carboxylic acids is 1. The molecule has 0 aliphatic carbocycles. The monoisotopic (exact) mass is 242 g/mol. The van der Waals surface area contributed by atoms with Crippen LogP contribution in [0.25, 0.3) is 0 Å². The summed E-state index contributed by atoms with van der Waals surface area (Å²) in [4.78, 5) is 21.2. The van der Waals surface area contributed by atoms with Gasteiger partial charge in [0.1, 0.15) is 11.9 Å². The van der Waals surface area contributed by atoms with E-state index in [1.165, 1.54) is 6.07 Å². The van der Waals surface area contributed by atoms with Gasteiger partial charge in [0, 0.05) is 18.7 Å². The van der Waals surface area contributed by atoms with Gasteiger partial charge in [0.2, 0.25) is 11.7 Å². The Labute approximate surface area is 97.2 Å². The fourth-order valence-corrected chi connectivity index (χ4v) is 1.24. The summed E-state index contributed by atoms with van der Waals surface area (Å²) in [6.07, 6.45) is -1.26. The van der Waals surface area contributed by atoms with Crippen LogP contribution >= 0.6 is 0 Å². The van der Waals surface area contributed by atoms with E-state index in [9.17, 15) is 9.59 Å². The number of aryl methyl sites for hydroxylation is 1. The van der Waals surface area contributed by atoms with Crippen LogP contribution in [0.5, 0.6) is 0 Å². The number of amides is 1. The number of furan rings is 1. The van der Waals surface area contributed by atoms with Crippen LogP contribution in [0, 0.1) is 6.92 Å². The van der Waals surface area contributed by atoms with Gasteiger partial charge in [-0.15, -0.1) is 0 Å². The maximum Gasteiger partial charge on any atom is 0.371 e. The Hall–Kier alpha value is -1.86. The van der Waals surface area contributed by atoms with Crippen molar-refractivity contribution >= 4 is 11.9 Å². The quantitative estimate of drug-likeness (QED) is 0.518. The summed E-state index contributed by atoms with van der Waals surface area (Å²) in [5.74, 6) is -1.62. The van der Waals surface area contributed by atoms with Crippen molar-refractivity contribution in [2.24, 2.45) is 5.73 Å². The fraction of sp³-hybridized carbons (Fsp3) is 0.400. The molecular weight excluding hydrogens is 228 g/mol. The molecule has 1 rings (SSSR count). The molecule has 0 fully saturated rings. The number of nitrogens with one attached hydrogen (secondary N) is 1. The second kappa shape index (κ2) is 5.46. The Bertz CT molecular complexity index is 426. The van der Waals surface area contributed by atoms with Crippen LogP contribution in [-0.2, 0) is 11.3 Å². The van der Waals surface area contributed by atoms with Crippen molar-refractivity contribution in [2.75, 3.05) is 6.54 Å². The van der Waals surface area contributed by atoms with Crippen molar-refractivity contribution in [1.29, 1.82) is 0 Å². The zero-order valence-corrected chi connectivity index (χ0v) is 9.27. The number of carboxylic acid groups (broad SMARTS) is 1. The van der Waals surface area contributed by atoms with Crippen LogP contribution < -0.4 is 11.1 Å². The molecule has 1 amide bonds. The maximum atomic E-state index is 10.6. The molecule has 0 bridgehead atoms. The van der Waals surface area contributed by atoms with Crippen LogP contribution in [-0.4, -0.2) is 34.7 Å². The summed E-state index contributed by atoms with van der Waals surface area (Å²) < 4.78 is 4.99. The van der Waals surface area contributed by atoms with Crippen LogP contribution in [0.4, 0.5) is 0 Å². The zero-order valence-electron chi connectivity index (χ0n) is 9.27. The van der Waals surface area contributed by atoms with Gasteiger partial charge in [-0.25, -0.2) is 4.79 Å². The molecule has 7 nitrogen and oxygen atoms in total. The van der Waals surface area contributed by atoms with E-state index in [4.69, 9.17) is 20.4 Å². The average Bonchev–Trinajstić information content (AvgIpc) is 2.60. The van der Waals surface area contributed by atoms with Crippen LogP contribution in [0.3, 0.4) is 0 Å². The zero-order chi connectivity index (χ0) is 13.0. The number of rotatable bonds is 6. The van der Waals surface area contributed by atoms with Crippen molar-refractivity contribution in [1.82, 2.24) is 5.32 Å². The summed E-state index contributed by atoms with van der Waals surface area (Å²) in [5, 5.41) is 20.6. The first-order valence-electron chi connectivity index (χ1n) is 4.92. The molecule has 17 heavy (non-hydrogen) atoms. The minimum atomic E-state index is -1.26. The highest BCUT2D eigenvalue weighted by Gasteiger charge is 2.14. The Morgan fingerprint density at radius 1 is 1.59 bits per heavy atom. The number of aliphatic hydroxyl groups excluding tert-OH is 1. The van der Waals surface area contributed by atoms with E-state index in [0.717, 1.165) is 0 Å². The first-order valence-corrected chi connectivity index (χ1v) is 4.92. The molecule has 0 saturated carbocycles. The van der Waals surface area contributed by atoms with E-state index in [1.54, 1.807) is 6.92 Å². The van der Waals surface area contributed by atoms with Gasteiger partial charge < -0.3 is 25.7 Å². The molecule has 7 heteroatoms. The Kier molecular flexibility index (Phi) is 4.24. The van der Waals surface area contributed by atoms with Gasteiger partial charge in [-0.3, -0.25) is 4.79 Å². The summed E-state index contributed by atoms with van der Waals surface area (Å²) in [7, 11) is 0. The number of nitrogens with two attached hydrogens (primary N) is 1. The SMILES string of the molecule is Cc1oc(C(=O)O)cc1CNCC(O)C(N)=O. The van der Waals surface area contributed by atoms with E-state index < -0.39 is 18.0 Å². The lowest BCUT2D eigenvalue weighted by molar-refractivity contribution is -0.125. The second-order valence-corrected chi connectivity index (χ2v) is 3.55. The van der Waals surface area contributed by atoms with Crippen LogP contribution in [0.15, 0.2) is 10.5 Å². The van der Waals surface area contributed by atoms with E-state index in [2.05, 4.69) is 5.32 Å². The second-order valence-electron chi connectivity index (χ2n) is 3.55. The molecule has 0 aromatic carbocycles. The number of aliphatic hydroxyl groups is 1. The van der Waals surface area contributed by atoms with Gasteiger partial charge in [0.15, 0.2) is 0 Å². The summed E-state index contributed by atoms with van der Waals surface area (Å²) in [5.41, 5.74) is 5.52. The van der Waals surface area contributed by atoms with E-state index in [1.807, 2.05) is 0 Å². The molecule has 1 aromatic heterocycles. The molecule has 1 atom stereocenters. The van der Waals surface area contributed by atoms with Crippen molar-refractivity contribution in [3.8, 4) is 0 Å². The van der Waals surface area contributed by atoms with E-state index in [0.29, 0.717) is 11.3 Å². The average molecular weight is 242 g/mol. The molecule has 94 valence electrons. The van der Waals surface area contributed by atoms with E-state index in [-0.39, 0.29) is 18.8 Å². The Morgan fingerprint density at radius 2 is 2.24 bits per heavy atom. The first kappa shape index (κ1) is 13.2. The van der Waals surface area contributed by atoms with Gasteiger partial charge in [-0.05, 0) is 13.0 Å². The standard InChI is InChI=1S/C10H14N2O5/c1-5-6(2-8(17-5)10(15)16)3-12-4-7(13)9(11)14/h2,7,12-13H,3-4H2,1H3,(H2,11,14)(H,15,16). The highest BCUT2D eigenvalue weighted by molar-refractivity contribution is 5.84. The lowest BCUT2D eigenvalue weighted by atomic mass is 10.2. The molecule has 0 spiro atoms. The molecule has 0 aliphatic rings. The molecule has 0 saturated heterocycles. The van der Waals surface area contributed by atoms with Gasteiger partial charge in [0.25, 0.3) is 0 Å². The fourth-order valence-electron chi connectivity index (χ4n) is 1.24. The van der Waals surface area contributed by atoms with Crippen molar-refractivity contribution in [3.05, 3.63) is 23.2 Å². The third-order valence-corrected chi connectivity index (χ3v) is 2.21. The normalized spacial score (nSPS) is 12.4. The highest BCUT2D eigenvalue weighted by Crippen LogP contribution is 2.14. The van der Waals surface area contributed by atoms with Crippen molar-refractivity contribution in [3.63, 3.8) is 0 Å². The third-order valence-electron chi connectivity index (χ3n) is 2.21. The smallest absolute Gasteiger partial charge is 0.371 e. The molecular formula is C10H14N2O5. The molecule has 0 aliphatic heterocycles. The molecule has 1 aromatic rings. The van der Waals surface area contributed by atoms with Crippen molar-refractivity contribution < 1.29 is 24.2 Å². The van der Waals surface area contributed by atoms with Gasteiger partial charge in [0.05, 0.1) is 0 Å². The molecule has 0 radical (unpaired) electrons. The van der Waals surface area contributed by atoms with Gasteiger partial charge in [-0.2, -0.15) is 0 Å². The Balaban J connectivity index is 2.52. The number of aromatic carboxylic acids is 1. The minimum Gasteiger partial charge on any atom is -0.475 e. The summed E-state index contributed by atoms with van der Waals surface area (Å²) >= 11 is 0. The minimum absolute atomic E-state index is 0.00234. The van der Waals surface area contributed by atoms with Crippen molar-refractivity contribution in [2.45, 2.75) is 19.6 Å². The number of hydrogen-bond donors (Lipinski definition) is 4. The maximum absolute atomic E-state index is 10.6. The predicted molar refractivity (Wildman–Crippen MR) is 57.3 cm³/mol. The highest BCUT2D eigenvalue weighted by atomic mass is 16.4. The number of carbonyl (C=O) groups excluding carboxylic acids is 1. The molecule has 1 unspecified atom stereocenters. The van der Waals surface area contributed by atoms with Gasteiger partial charge >= 0.3 is 5.97 Å². The number of carbonyl (C=O) groups is 2. The third kappa shape index (κ3) is 3.58. The van der Waals surface area contributed by atoms with Crippen LogP contribution in [0.1, 0.15) is 21.9 Å². The molecule has 1 heterocycles. The lowest BCUT2D eigenvalue weighted by Gasteiger charge is -2.07. The lowest BCUT2D eigenvalue weighted by Crippen LogP contribution is -2.37. The topological polar surface area (TPSA) is 126 Å². The predicted octanol–water partition coefficient (Wildman–Crippen LogP) is -0.778. The van der Waals surface area contributed by atoms with E-state index >= 15 is 0 Å².